The van der Waals surface area contributed by atoms with Gasteiger partial charge in [-0.3, -0.25) is 4.98 Å². The molecule has 0 saturated carbocycles. The highest BCUT2D eigenvalue weighted by Crippen LogP contribution is 2.16. The molecule has 0 saturated heterocycles. The molecule has 0 aliphatic heterocycles. The van der Waals surface area contributed by atoms with E-state index in [2.05, 4.69) is 25.9 Å². The fraction of sp³-hybridized carbons (Fsp3) is 0.500. The van der Waals surface area contributed by atoms with Gasteiger partial charge >= 0.3 is 6.09 Å². The lowest BCUT2D eigenvalue weighted by molar-refractivity contribution is 0.0474. The molecule has 29 heavy (non-hydrogen) atoms. The van der Waals surface area contributed by atoms with Gasteiger partial charge in [0.2, 0.25) is 0 Å². The van der Waals surface area contributed by atoms with Crippen molar-refractivity contribution in [1.82, 2.24) is 20.9 Å². The van der Waals surface area contributed by atoms with E-state index in [-0.39, 0.29) is 0 Å². The van der Waals surface area contributed by atoms with Crippen molar-refractivity contribution >= 4 is 23.0 Å². The number of alkyl carbamates (subject to hydrolysis) is 1. The highest BCUT2D eigenvalue weighted by molar-refractivity contribution is 5.83. The number of carbonyl (C=O) groups is 1. The molecule has 2 aromatic rings. The standard InChI is InChI=1S/C22H33N5O2/c1-7-23-19(26-15-22(5,6)27-20(28)29-21(2,3)4)25-14-17-11-8-10-16-12-9-13-24-18(16)17/h8-13H,7,14-15H2,1-6H3,(H,27,28)(H2,23,25,26). The first-order valence-corrected chi connectivity index (χ1v) is 9.95. The maximum Gasteiger partial charge on any atom is 0.408 e. The molecular weight excluding hydrogens is 366 g/mol. The average Bonchev–Trinajstić information content (AvgIpc) is 2.62. The van der Waals surface area contributed by atoms with E-state index >= 15 is 0 Å². The molecule has 0 unspecified atom stereocenters. The van der Waals surface area contributed by atoms with Crippen molar-refractivity contribution in [3.63, 3.8) is 0 Å². The fourth-order valence-electron chi connectivity index (χ4n) is 2.73. The van der Waals surface area contributed by atoms with Crippen molar-refractivity contribution in [2.75, 3.05) is 13.1 Å². The second kappa shape index (κ2) is 9.58. The van der Waals surface area contributed by atoms with Crippen molar-refractivity contribution in [3.8, 4) is 0 Å². The van der Waals surface area contributed by atoms with Crippen LogP contribution in [0.1, 0.15) is 47.1 Å². The molecule has 0 atom stereocenters. The Balaban J connectivity index is 2.02. The summed E-state index contributed by atoms with van der Waals surface area (Å²) in [5.74, 6) is 0.680. The summed E-state index contributed by atoms with van der Waals surface area (Å²) in [4.78, 5) is 21.2. The van der Waals surface area contributed by atoms with Gasteiger partial charge in [-0.15, -0.1) is 0 Å². The lowest BCUT2D eigenvalue weighted by Gasteiger charge is -2.29. The van der Waals surface area contributed by atoms with E-state index in [4.69, 9.17) is 4.74 Å². The smallest absolute Gasteiger partial charge is 0.408 e. The zero-order chi connectivity index (χ0) is 21.5. The normalized spacial score (nSPS) is 12.6. The first-order valence-electron chi connectivity index (χ1n) is 9.95. The monoisotopic (exact) mass is 399 g/mol. The molecule has 0 aliphatic carbocycles. The topological polar surface area (TPSA) is 87.6 Å². The molecular formula is C22H33N5O2. The van der Waals surface area contributed by atoms with Crippen molar-refractivity contribution in [2.24, 2.45) is 4.99 Å². The zero-order valence-corrected chi connectivity index (χ0v) is 18.3. The van der Waals surface area contributed by atoms with Gasteiger partial charge in [0, 0.05) is 24.7 Å². The first kappa shape index (κ1) is 22.5. The quantitative estimate of drug-likeness (QED) is 0.510. The van der Waals surface area contributed by atoms with Crippen LogP contribution in [0.2, 0.25) is 0 Å². The number of aliphatic imine (C=N–C) groups is 1. The molecule has 158 valence electrons. The van der Waals surface area contributed by atoms with Gasteiger partial charge in [-0.2, -0.15) is 0 Å². The number of nitrogens with one attached hydrogen (secondary N) is 3. The van der Waals surface area contributed by atoms with Gasteiger partial charge in [-0.05, 0) is 53.2 Å². The van der Waals surface area contributed by atoms with Gasteiger partial charge < -0.3 is 20.7 Å². The van der Waals surface area contributed by atoms with E-state index in [1.807, 2.05) is 71.9 Å². The Kier molecular flexibility index (Phi) is 7.42. The first-order chi connectivity index (χ1) is 13.6. The van der Waals surface area contributed by atoms with Gasteiger partial charge in [0.25, 0.3) is 0 Å². The molecule has 7 heteroatoms. The summed E-state index contributed by atoms with van der Waals surface area (Å²) in [5.41, 5.74) is 0.976. The predicted molar refractivity (Wildman–Crippen MR) is 118 cm³/mol. The molecule has 1 amide bonds. The molecule has 7 nitrogen and oxygen atoms in total. The number of ether oxygens (including phenoxy) is 1. The van der Waals surface area contributed by atoms with E-state index in [9.17, 15) is 4.79 Å². The van der Waals surface area contributed by atoms with Crippen molar-refractivity contribution in [1.29, 1.82) is 0 Å². The Morgan fingerprint density at radius 1 is 1.10 bits per heavy atom. The third-order valence-electron chi connectivity index (χ3n) is 4.01. The van der Waals surface area contributed by atoms with E-state index in [0.717, 1.165) is 23.0 Å². The minimum absolute atomic E-state index is 0.437. The van der Waals surface area contributed by atoms with Crippen LogP contribution < -0.4 is 16.0 Å². The van der Waals surface area contributed by atoms with Gasteiger partial charge in [-0.25, -0.2) is 9.79 Å². The van der Waals surface area contributed by atoms with Gasteiger partial charge in [0.05, 0.1) is 17.6 Å². The van der Waals surface area contributed by atoms with Crippen LogP contribution in [0.4, 0.5) is 4.79 Å². The number of hydrogen-bond donors (Lipinski definition) is 3. The van der Waals surface area contributed by atoms with Crippen LogP contribution in [0.15, 0.2) is 41.5 Å². The number of pyridine rings is 1. The Bertz CT molecular complexity index is 850. The highest BCUT2D eigenvalue weighted by atomic mass is 16.6. The minimum atomic E-state index is -0.531. The summed E-state index contributed by atoms with van der Waals surface area (Å²) in [6, 6.07) is 10.1. The van der Waals surface area contributed by atoms with Crippen LogP contribution in [0, 0.1) is 0 Å². The largest absolute Gasteiger partial charge is 0.444 e. The highest BCUT2D eigenvalue weighted by Gasteiger charge is 2.24. The maximum atomic E-state index is 12.1. The number of para-hydroxylation sites is 1. The molecule has 1 aromatic heterocycles. The van der Waals surface area contributed by atoms with Crippen LogP contribution in [-0.2, 0) is 11.3 Å². The van der Waals surface area contributed by atoms with Crippen LogP contribution in [0.25, 0.3) is 10.9 Å². The van der Waals surface area contributed by atoms with Crippen LogP contribution in [0.3, 0.4) is 0 Å². The number of nitrogens with zero attached hydrogens (tertiary/aromatic N) is 2. The lowest BCUT2D eigenvalue weighted by Crippen LogP contribution is -2.54. The molecule has 3 N–H and O–H groups in total. The van der Waals surface area contributed by atoms with Crippen LogP contribution in [0.5, 0.6) is 0 Å². The molecule has 0 fully saturated rings. The number of carbonyl (C=O) groups excluding carboxylic acids is 1. The van der Waals surface area contributed by atoms with E-state index in [0.29, 0.717) is 19.0 Å². The number of aromatic nitrogens is 1. The van der Waals surface area contributed by atoms with E-state index in [1.165, 1.54) is 0 Å². The number of guanidine groups is 1. The van der Waals surface area contributed by atoms with Gasteiger partial charge in [-0.1, -0.05) is 24.3 Å². The Labute approximate surface area is 173 Å². The summed E-state index contributed by atoms with van der Waals surface area (Å²) < 4.78 is 5.34. The fourth-order valence-corrected chi connectivity index (χ4v) is 2.73. The minimum Gasteiger partial charge on any atom is -0.444 e. The second-order valence-corrected chi connectivity index (χ2v) is 8.55. The van der Waals surface area contributed by atoms with Crippen molar-refractivity contribution in [2.45, 2.75) is 59.2 Å². The van der Waals surface area contributed by atoms with E-state index < -0.39 is 17.2 Å². The van der Waals surface area contributed by atoms with Gasteiger partial charge in [0.1, 0.15) is 5.60 Å². The van der Waals surface area contributed by atoms with E-state index in [1.54, 1.807) is 6.20 Å². The number of amides is 1. The van der Waals surface area contributed by atoms with Crippen LogP contribution >= 0.6 is 0 Å². The molecule has 1 heterocycles. The lowest BCUT2D eigenvalue weighted by atomic mass is 10.1. The molecule has 0 aliphatic rings. The second-order valence-electron chi connectivity index (χ2n) is 8.55. The third kappa shape index (κ3) is 7.60. The van der Waals surface area contributed by atoms with Crippen molar-refractivity contribution < 1.29 is 9.53 Å². The summed E-state index contributed by atoms with van der Waals surface area (Å²) in [5, 5.41) is 10.5. The predicted octanol–water partition coefficient (Wildman–Crippen LogP) is 3.59. The SMILES string of the molecule is CCNC(=NCc1cccc2cccnc12)NCC(C)(C)NC(=O)OC(C)(C)C. The molecule has 2 rings (SSSR count). The number of rotatable bonds is 6. The number of hydrogen-bond acceptors (Lipinski definition) is 4. The molecule has 1 aromatic carbocycles. The molecule has 0 bridgehead atoms. The summed E-state index contributed by atoms with van der Waals surface area (Å²) in [6.07, 6.45) is 1.36. The van der Waals surface area contributed by atoms with Gasteiger partial charge in [0.15, 0.2) is 5.96 Å². The molecule has 0 spiro atoms. The third-order valence-corrected chi connectivity index (χ3v) is 4.01. The number of fused-ring (bicyclic) bond motifs is 1. The summed E-state index contributed by atoms with van der Waals surface area (Å²) in [7, 11) is 0. The maximum absolute atomic E-state index is 12.1. The Morgan fingerprint density at radius 2 is 1.83 bits per heavy atom. The Hall–Kier alpha value is -2.83. The molecule has 0 radical (unpaired) electrons. The average molecular weight is 400 g/mol. The Morgan fingerprint density at radius 3 is 2.52 bits per heavy atom. The number of benzene rings is 1. The zero-order valence-electron chi connectivity index (χ0n) is 18.3. The summed E-state index contributed by atoms with van der Waals surface area (Å²) >= 11 is 0. The van der Waals surface area contributed by atoms with Crippen molar-refractivity contribution in [3.05, 3.63) is 42.1 Å². The summed E-state index contributed by atoms with van der Waals surface area (Å²) in [6.45, 7) is 13.1. The van der Waals surface area contributed by atoms with Crippen LogP contribution in [-0.4, -0.2) is 41.3 Å².